The number of thiophene rings is 1. The fourth-order valence-electron chi connectivity index (χ4n) is 3.68. The molecule has 0 fully saturated rings. The zero-order valence-corrected chi connectivity index (χ0v) is 19.3. The van der Waals surface area contributed by atoms with Crippen LogP contribution in [0.3, 0.4) is 0 Å². The van der Waals surface area contributed by atoms with Crippen LogP contribution in [0.4, 0.5) is 5.00 Å². The number of carbonyl (C=O) groups excluding carboxylic acids is 2. The second-order valence-corrected chi connectivity index (χ2v) is 9.35. The fraction of sp³-hybridized carbons (Fsp3) is 0.364. The van der Waals surface area contributed by atoms with Crippen molar-refractivity contribution in [3.8, 4) is 5.69 Å². The van der Waals surface area contributed by atoms with Crippen molar-refractivity contribution >= 4 is 40.0 Å². The summed E-state index contributed by atoms with van der Waals surface area (Å²) in [5.41, 5.74) is 1.64. The Morgan fingerprint density at radius 3 is 2.78 bits per heavy atom. The summed E-state index contributed by atoms with van der Waals surface area (Å²) in [5, 5.41) is 6.22. The number of hydrogen-bond donors (Lipinski definition) is 2. The Kier molecular flexibility index (Phi) is 7.11. The fourth-order valence-corrected chi connectivity index (χ4v) is 5.75. The van der Waals surface area contributed by atoms with Gasteiger partial charge in [-0.2, -0.15) is 0 Å². The molecule has 1 aromatic carbocycles. The molecule has 0 bridgehead atoms. The monoisotopic (exact) mass is 474 g/mol. The SMILES string of the molecule is CCOC(=O)c1c(NC(=O)CSc2c(=O)o[nH][n+]2-c2ccccc2)sc2c1CCCCC2. The van der Waals surface area contributed by atoms with Crippen molar-refractivity contribution in [1.82, 2.24) is 5.27 Å². The third-order valence-electron chi connectivity index (χ3n) is 5.12. The van der Waals surface area contributed by atoms with Gasteiger partial charge in [0.15, 0.2) is 0 Å². The van der Waals surface area contributed by atoms with Crippen molar-refractivity contribution in [2.24, 2.45) is 0 Å². The molecule has 10 heteroatoms. The zero-order valence-electron chi connectivity index (χ0n) is 17.6. The lowest BCUT2D eigenvalue weighted by atomic mass is 10.1. The summed E-state index contributed by atoms with van der Waals surface area (Å²) in [7, 11) is 0. The molecule has 2 heterocycles. The number of amides is 1. The smallest absolute Gasteiger partial charge is 0.442 e. The number of para-hydroxylation sites is 1. The number of aryl methyl sites for hydroxylation is 1. The van der Waals surface area contributed by atoms with E-state index in [2.05, 4.69) is 10.6 Å². The van der Waals surface area contributed by atoms with E-state index in [1.807, 2.05) is 30.3 Å². The van der Waals surface area contributed by atoms with Crippen molar-refractivity contribution in [3.63, 3.8) is 0 Å². The summed E-state index contributed by atoms with van der Waals surface area (Å²) in [6, 6.07) is 9.19. The van der Waals surface area contributed by atoms with Crippen LogP contribution in [0.5, 0.6) is 0 Å². The Labute approximate surface area is 192 Å². The summed E-state index contributed by atoms with van der Waals surface area (Å²) < 4.78 is 11.7. The van der Waals surface area contributed by atoms with E-state index >= 15 is 0 Å². The van der Waals surface area contributed by atoms with Gasteiger partial charge in [-0.15, -0.1) is 11.3 Å². The normalized spacial score (nSPS) is 13.3. The molecule has 3 aromatic rings. The van der Waals surface area contributed by atoms with Crippen LogP contribution in [-0.4, -0.2) is 29.5 Å². The van der Waals surface area contributed by atoms with E-state index in [9.17, 15) is 14.4 Å². The molecule has 4 rings (SSSR count). The highest BCUT2D eigenvalue weighted by Crippen LogP contribution is 2.38. The summed E-state index contributed by atoms with van der Waals surface area (Å²) in [6.07, 6.45) is 4.93. The number of fused-ring (bicyclic) bond motifs is 1. The predicted molar refractivity (Wildman–Crippen MR) is 122 cm³/mol. The lowest BCUT2D eigenvalue weighted by molar-refractivity contribution is -0.704. The summed E-state index contributed by atoms with van der Waals surface area (Å²) >= 11 is 2.52. The topological polar surface area (TPSA) is 105 Å². The van der Waals surface area contributed by atoms with Crippen LogP contribution in [0.15, 0.2) is 44.7 Å². The van der Waals surface area contributed by atoms with Gasteiger partial charge >= 0.3 is 16.6 Å². The molecule has 2 aromatic heterocycles. The standard InChI is InChI=1S/C22H23N3O5S2/c1-2-29-21(27)18-15-11-7-4-8-12-16(15)32-19(18)23-17(26)13-31-20-22(28)30-24-25(20)14-9-5-3-6-10-14/h3,5-6,9-10H,2,4,7-8,11-13H2,1H3,(H-,23,24,26,27,28)/p+1. The lowest BCUT2D eigenvalue weighted by Crippen LogP contribution is -2.36. The van der Waals surface area contributed by atoms with Crippen LogP contribution >= 0.6 is 23.1 Å². The molecular weight excluding hydrogens is 450 g/mol. The molecule has 168 valence electrons. The van der Waals surface area contributed by atoms with Gasteiger partial charge in [-0.3, -0.25) is 9.32 Å². The van der Waals surface area contributed by atoms with Crippen LogP contribution < -0.4 is 15.6 Å². The first-order chi connectivity index (χ1) is 15.6. The third-order valence-corrected chi connectivity index (χ3v) is 7.35. The number of H-pyrrole nitrogens is 1. The highest BCUT2D eigenvalue weighted by atomic mass is 32.2. The van der Waals surface area contributed by atoms with Crippen molar-refractivity contribution in [2.75, 3.05) is 17.7 Å². The zero-order chi connectivity index (χ0) is 22.5. The average Bonchev–Trinajstić information content (AvgIpc) is 3.23. The Morgan fingerprint density at radius 1 is 1.22 bits per heavy atom. The van der Waals surface area contributed by atoms with Crippen molar-refractivity contribution < 1.29 is 23.5 Å². The van der Waals surface area contributed by atoms with Gasteiger partial charge in [0.1, 0.15) is 5.00 Å². The van der Waals surface area contributed by atoms with Gasteiger partial charge < -0.3 is 10.1 Å². The van der Waals surface area contributed by atoms with E-state index in [1.165, 1.54) is 16.0 Å². The number of ether oxygens (including phenoxy) is 1. The van der Waals surface area contributed by atoms with Gasteiger partial charge in [0.05, 0.1) is 17.9 Å². The largest absolute Gasteiger partial charge is 0.462 e. The van der Waals surface area contributed by atoms with E-state index in [4.69, 9.17) is 9.26 Å². The van der Waals surface area contributed by atoms with Crippen LogP contribution in [0.1, 0.15) is 47.0 Å². The minimum atomic E-state index is -0.554. The first-order valence-corrected chi connectivity index (χ1v) is 12.3. The molecule has 1 aliphatic carbocycles. The summed E-state index contributed by atoms with van der Waals surface area (Å²) in [4.78, 5) is 38.7. The number of aromatic nitrogens is 2. The van der Waals surface area contributed by atoms with Crippen LogP contribution in [-0.2, 0) is 22.4 Å². The van der Waals surface area contributed by atoms with Crippen molar-refractivity contribution in [3.05, 3.63) is 56.8 Å². The van der Waals surface area contributed by atoms with Gasteiger partial charge in [-0.1, -0.05) is 24.6 Å². The number of carbonyl (C=O) groups is 2. The maximum atomic E-state index is 12.8. The summed E-state index contributed by atoms with van der Waals surface area (Å²) in [5.74, 6) is -0.722. The number of aromatic amines is 1. The first-order valence-electron chi connectivity index (χ1n) is 10.5. The van der Waals surface area contributed by atoms with Crippen LogP contribution in [0, 0.1) is 0 Å². The maximum Gasteiger partial charge on any atom is 0.442 e. The number of nitrogens with zero attached hydrogens (tertiary/aromatic N) is 1. The second-order valence-electron chi connectivity index (χ2n) is 7.28. The van der Waals surface area contributed by atoms with Gasteiger partial charge in [0.25, 0.3) is 0 Å². The summed E-state index contributed by atoms with van der Waals surface area (Å²) in [6.45, 7) is 2.04. The van der Waals surface area contributed by atoms with Crippen LogP contribution in [0.2, 0.25) is 0 Å². The number of esters is 1. The quantitative estimate of drug-likeness (QED) is 0.235. The van der Waals surface area contributed by atoms with E-state index in [1.54, 1.807) is 6.92 Å². The van der Waals surface area contributed by atoms with Crippen molar-refractivity contribution in [1.29, 1.82) is 0 Å². The van der Waals surface area contributed by atoms with Gasteiger partial charge in [-0.25, -0.2) is 9.59 Å². The van der Waals surface area contributed by atoms with Crippen LogP contribution in [0.25, 0.3) is 5.69 Å². The molecule has 0 atom stereocenters. The number of hydrogen-bond acceptors (Lipinski definition) is 7. The Hall–Kier alpha value is -2.85. The molecule has 0 saturated heterocycles. The maximum absolute atomic E-state index is 12.8. The van der Waals surface area contributed by atoms with E-state index < -0.39 is 11.6 Å². The van der Waals surface area contributed by atoms with Gasteiger partial charge in [-0.05, 0) is 59.9 Å². The Bertz CT molecular complexity index is 1170. The minimum Gasteiger partial charge on any atom is -0.462 e. The first kappa shape index (κ1) is 22.3. The molecule has 0 saturated carbocycles. The molecule has 1 amide bonds. The number of benzene rings is 1. The molecular formula is C22H24N3O5S2+. The number of anilines is 1. The third kappa shape index (κ3) is 4.81. The molecule has 2 N–H and O–H groups in total. The molecule has 32 heavy (non-hydrogen) atoms. The molecule has 0 unspecified atom stereocenters. The van der Waals surface area contributed by atoms with E-state index in [-0.39, 0.29) is 23.3 Å². The van der Waals surface area contributed by atoms with E-state index in [0.717, 1.165) is 54.3 Å². The average molecular weight is 475 g/mol. The molecule has 0 aliphatic heterocycles. The molecule has 8 nitrogen and oxygen atoms in total. The minimum absolute atomic E-state index is 0.0136. The second kappa shape index (κ2) is 10.2. The highest BCUT2D eigenvalue weighted by molar-refractivity contribution is 7.99. The van der Waals surface area contributed by atoms with Gasteiger partial charge in [0, 0.05) is 17.0 Å². The van der Waals surface area contributed by atoms with E-state index in [0.29, 0.717) is 16.3 Å². The molecule has 1 aliphatic rings. The predicted octanol–water partition coefficient (Wildman–Crippen LogP) is 3.48. The lowest BCUT2D eigenvalue weighted by Gasteiger charge is -2.08. The molecule has 0 spiro atoms. The number of thioether (sulfide) groups is 1. The Balaban J connectivity index is 1.52. The van der Waals surface area contributed by atoms with Crippen molar-refractivity contribution in [2.45, 2.75) is 44.1 Å². The highest BCUT2D eigenvalue weighted by Gasteiger charge is 2.28. The molecule has 0 radical (unpaired) electrons. The Morgan fingerprint density at radius 2 is 2.00 bits per heavy atom. The number of nitrogens with one attached hydrogen (secondary N) is 2. The van der Waals surface area contributed by atoms with Gasteiger partial charge in [0.2, 0.25) is 11.6 Å². The number of rotatable bonds is 7.